The standard InChI is InChI=1S/C20H25NO3/c1-4-13-23-16-9-11-17(12-10-16)24-14-20(22)21-19-8-6-5-7-18(19)15(2)3/h5-12,15H,4,13-14H2,1-3H3,(H,21,22). The lowest BCUT2D eigenvalue weighted by Crippen LogP contribution is -2.21. The molecule has 24 heavy (non-hydrogen) atoms. The molecule has 1 N–H and O–H groups in total. The van der Waals surface area contributed by atoms with Gasteiger partial charge in [0.15, 0.2) is 6.61 Å². The van der Waals surface area contributed by atoms with Crippen LogP contribution in [0.5, 0.6) is 11.5 Å². The van der Waals surface area contributed by atoms with Crippen LogP contribution in [-0.4, -0.2) is 19.1 Å². The quantitative estimate of drug-likeness (QED) is 0.770. The van der Waals surface area contributed by atoms with Crippen molar-refractivity contribution < 1.29 is 14.3 Å². The third-order valence-corrected chi connectivity index (χ3v) is 3.52. The number of nitrogens with one attached hydrogen (secondary N) is 1. The van der Waals surface area contributed by atoms with E-state index < -0.39 is 0 Å². The Morgan fingerprint density at radius 3 is 2.25 bits per heavy atom. The number of para-hydroxylation sites is 1. The summed E-state index contributed by atoms with van der Waals surface area (Å²) in [5, 5.41) is 2.91. The number of anilines is 1. The van der Waals surface area contributed by atoms with E-state index in [9.17, 15) is 4.79 Å². The number of hydrogen-bond acceptors (Lipinski definition) is 3. The van der Waals surface area contributed by atoms with Gasteiger partial charge in [0, 0.05) is 5.69 Å². The molecule has 128 valence electrons. The number of amides is 1. The van der Waals surface area contributed by atoms with Crippen LogP contribution >= 0.6 is 0 Å². The Balaban J connectivity index is 1.87. The summed E-state index contributed by atoms with van der Waals surface area (Å²) in [6.07, 6.45) is 0.969. The molecule has 0 aliphatic carbocycles. The van der Waals surface area contributed by atoms with E-state index in [1.54, 1.807) is 12.1 Å². The minimum absolute atomic E-state index is 0.0262. The predicted octanol–water partition coefficient (Wildman–Crippen LogP) is 4.62. The molecule has 0 bridgehead atoms. The zero-order chi connectivity index (χ0) is 17.4. The van der Waals surface area contributed by atoms with Gasteiger partial charge in [-0.05, 0) is 48.2 Å². The van der Waals surface area contributed by atoms with Crippen LogP contribution < -0.4 is 14.8 Å². The predicted molar refractivity (Wildman–Crippen MR) is 96.9 cm³/mol. The molecular formula is C20H25NO3. The molecule has 4 nitrogen and oxygen atoms in total. The lowest BCUT2D eigenvalue weighted by Gasteiger charge is -2.14. The van der Waals surface area contributed by atoms with E-state index in [4.69, 9.17) is 9.47 Å². The van der Waals surface area contributed by atoms with Gasteiger partial charge in [-0.2, -0.15) is 0 Å². The summed E-state index contributed by atoms with van der Waals surface area (Å²) < 4.78 is 11.0. The van der Waals surface area contributed by atoms with Crippen molar-refractivity contribution in [1.82, 2.24) is 0 Å². The Morgan fingerprint density at radius 1 is 1.00 bits per heavy atom. The van der Waals surface area contributed by atoms with Crippen LogP contribution in [0.1, 0.15) is 38.7 Å². The molecule has 0 aliphatic rings. The molecule has 2 aromatic rings. The molecule has 1 amide bonds. The lowest BCUT2D eigenvalue weighted by molar-refractivity contribution is -0.118. The molecule has 0 spiro atoms. The Labute approximate surface area is 143 Å². The number of carbonyl (C=O) groups is 1. The van der Waals surface area contributed by atoms with E-state index >= 15 is 0 Å². The van der Waals surface area contributed by atoms with E-state index in [0.717, 1.165) is 23.4 Å². The molecule has 2 aromatic carbocycles. The average molecular weight is 327 g/mol. The summed E-state index contributed by atoms with van der Waals surface area (Å²) in [5.41, 5.74) is 1.95. The second-order valence-corrected chi connectivity index (χ2v) is 5.90. The Morgan fingerprint density at radius 2 is 1.62 bits per heavy atom. The maximum atomic E-state index is 12.1. The van der Waals surface area contributed by atoms with Gasteiger partial charge in [-0.25, -0.2) is 0 Å². The highest BCUT2D eigenvalue weighted by molar-refractivity contribution is 5.92. The van der Waals surface area contributed by atoms with Crippen LogP contribution in [0.2, 0.25) is 0 Å². The Hall–Kier alpha value is -2.49. The third kappa shape index (κ3) is 5.30. The van der Waals surface area contributed by atoms with Crippen LogP contribution in [-0.2, 0) is 4.79 Å². The second kappa shape index (κ2) is 8.96. The minimum Gasteiger partial charge on any atom is -0.494 e. The number of benzene rings is 2. The van der Waals surface area contributed by atoms with Gasteiger partial charge in [-0.3, -0.25) is 4.79 Å². The van der Waals surface area contributed by atoms with Crippen molar-refractivity contribution in [3.8, 4) is 11.5 Å². The molecule has 4 heteroatoms. The van der Waals surface area contributed by atoms with Gasteiger partial charge in [0.05, 0.1) is 6.61 Å². The SMILES string of the molecule is CCCOc1ccc(OCC(=O)Nc2ccccc2C(C)C)cc1. The van der Waals surface area contributed by atoms with Crippen molar-refractivity contribution in [2.45, 2.75) is 33.1 Å². The van der Waals surface area contributed by atoms with Crippen molar-refractivity contribution in [3.05, 3.63) is 54.1 Å². The van der Waals surface area contributed by atoms with Gasteiger partial charge in [0.25, 0.3) is 5.91 Å². The maximum Gasteiger partial charge on any atom is 0.262 e. The van der Waals surface area contributed by atoms with E-state index in [1.165, 1.54) is 0 Å². The largest absolute Gasteiger partial charge is 0.494 e. The summed E-state index contributed by atoms with van der Waals surface area (Å²) in [5.74, 6) is 1.62. The topological polar surface area (TPSA) is 47.6 Å². The molecule has 0 atom stereocenters. The van der Waals surface area contributed by atoms with Crippen molar-refractivity contribution in [3.63, 3.8) is 0 Å². The Bertz CT molecular complexity index is 650. The molecule has 0 radical (unpaired) electrons. The molecule has 2 rings (SSSR count). The summed E-state index contributed by atoms with van der Waals surface area (Å²) in [6.45, 7) is 6.93. The van der Waals surface area contributed by atoms with E-state index in [0.29, 0.717) is 18.3 Å². The fraction of sp³-hybridized carbons (Fsp3) is 0.350. The van der Waals surface area contributed by atoms with Gasteiger partial charge in [-0.1, -0.05) is 39.0 Å². The highest BCUT2D eigenvalue weighted by atomic mass is 16.5. The van der Waals surface area contributed by atoms with Crippen molar-refractivity contribution >= 4 is 11.6 Å². The van der Waals surface area contributed by atoms with Crippen LogP contribution in [0, 0.1) is 0 Å². The molecule has 0 aliphatic heterocycles. The molecule has 0 saturated carbocycles. The monoisotopic (exact) mass is 327 g/mol. The number of hydrogen-bond donors (Lipinski definition) is 1. The zero-order valence-corrected chi connectivity index (χ0v) is 14.5. The highest BCUT2D eigenvalue weighted by Gasteiger charge is 2.09. The van der Waals surface area contributed by atoms with Gasteiger partial charge in [-0.15, -0.1) is 0 Å². The molecule has 0 aromatic heterocycles. The van der Waals surface area contributed by atoms with Gasteiger partial charge in [0.2, 0.25) is 0 Å². The highest BCUT2D eigenvalue weighted by Crippen LogP contribution is 2.23. The number of ether oxygens (including phenoxy) is 2. The molecule has 0 saturated heterocycles. The van der Waals surface area contributed by atoms with Crippen LogP contribution in [0.25, 0.3) is 0 Å². The maximum absolute atomic E-state index is 12.1. The second-order valence-electron chi connectivity index (χ2n) is 5.90. The van der Waals surface area contributed by atoms with Crippen LogP contribution in [0.15, 0.2) is 48.5 Å². The number of carbonyl (C=O) groups excluding carboxylic acids is 1. The third-order valence-electron chi connectivity index (χ3n) is 3.52. The molecule has 0 fully saturated rings. The van der Waals surface area contributed by atoms with E-state index in [-0.39, 0.29) is 12.5 Å². The average Bonchev–Trinajstić information content (AvgIpc) is 2.59. The smallest absolute Gasteiger partial charge is 0.262 e. The summed E-state index contributed by atoms with van der Waals surface area (Å²) >= 11 is 0. The first-order chi connectivity index (χ1) is 11.6. The summed E-state index contributed by atoms with van der Waals surface area (Å²) in [7, 11) is 0. The summed E-state index contributed by atoms with van der Waals surface area (Å²) in [4.78, 5) is 12.1. The Kier molecular flexibility index (Phi) is 6.67. The first kappa shape index (κ1) is 17.9. The first-order valence-electron chi connectivity index (χ1n) is 8.34. The molecule has 0 unspecified atom stereocenters. The van der Waals surface area contributed by atoms with Gasteiger partial charge < -0.3 is 14.8 Å². The first-order valence-corrected chi connectivity index (χ1v) is 8.34. The fourth-order valence-electron chi connectivity index (χ4n) is 2.30. The van der Waals surface area contributed by atoms with Crippen molar-refractivity contribution in [2.75, 3.05) is 18.5 Å². The summed E-state index contributed by atoms with van der Waals surface area (Å²) in [6, 6.07) is 15.1. The minimum atomic E-state index is -0.172. The lowest BCUT2D eigenvalue weighted by atomic mass is 10.0. The van der Waals surface area contributed by atoms with E-state index in [2.05, 4.69) is 26.1 Å². The molecule has 0 heterocycles. The number of rotatable bonds is 8. The van der Waals surface area contributed by atoms with Crippen molar-refractivity contribution in [2.24, 2.45) is 0 Å². The zero-order valence-electron chi connectivity index (χ0n) is 14.5. The van der Waals surface area contributed by atoms with Crippen LogP contribution in [0.3, 0.4) is 0 Å². The normalized spacial score (nSPS) is 10.5. The molecular weight excluding hydrogens is 302 g/mol. The van der Waals surface area contributed by atoms with Crippen LogP contribution in [0.4, 0.5) is 5.69 Å². The van der Waals surface area contributed by atoms with E-state index in [1.807, 2.05) is 36.4 Å². The fourth-order valence-corrected chi connectivity index (χ4v) is 2.30. The van der Waals surface area contributed by atoms with Crippen molar-refractivity contribution in [1.29, 1.82) is 0 Å². The van der Waals surface area contributed by atoms with Gasteiger partial charge >= 0.3 is 0 Å². The van der Waals surface area contributed by atoms with Gasteiger partial charge in [0.1, 0.15) is 11.5 Å².